The van der Waals surface area contributed by atoms with Gasteiger partial charge in [0.15, 0.2) is 6.10 Å². The number of carboxylic acids is 1. The molecule has 1 atom stereocenters. The Labute approximate surface area is 197 Å². The lowest BCUT2D eigenvalue weighted by Crippen LogP contribution is -2.21. The summed E-state index contributed by atoms with van der Waals surface area (Å²) in [6, 6.07) is 11.0. The summed E-state index contributed by atoms with van der Waals surface area (Å²) in [6.07, 6.45) is 0.990. The molecular formula is C28H26FNO4. The number of aryl methyl sites for hydroxylation is 2. The number of halogens is 1. The number of aliphatic carboxylic acids is 1. The third-order valence-corrected chi connectivity index (χ3v) is 6.40. The van der Waals surface area contributed by atoms with Gasteiger partial charge in [0.2, 0.25) is 0 Å². The van der Waals surface area contributed by atoms with Crippen molar-refractivity contribution in [3.05, 3.63) is 70.7 Å². The highest BCUT2D eigenvalue weighted by Gasteiger charge is 2.30. The quantitative estimate of drug-likeness (QED) is 0.379. The Hall–Kier alpha value is -3.51. The summed E-state index contributed by atoms with van der Waals surface area (Å²) >= 11 is 0. The topological polar surface area (TPSA) is 68.7 Å². The molecule has 34 heavy (non-hydrogen) atoms. The summed E-state index contributed by atoms with van der Waals surface area (Å²) in [4.78, 5) is 17.1. The molecule has 5 nitrogen and oxygen atoms in total. The van der Waals surface area contributed by atoms with Crippen molar-refractivity contribution < 1.29 is 23.8 Å². The third kappa shape index (κ3) is 3.59. The van der Waals surface area contributed by atoms with Crippen LogP contribution in [0.2, 0.25) is 0 Å². The van der Waals surface area contributed by atoms with Crippen LogP contribution in [0.25, 0.3) is 32.8 Å². The van der Waals surface area contributed by atoms with Gasteiger partial charge < -0.3 is 14.6 Å². The highest BCUT2D eigenvalue weighted by Crippen LogP contribution is 2.45. The van der Waals surface area contributed by atoms with Crippen LogP contribution in [0, 0.1) is 19.7 Å². The van der Waals surface area contributed by atoms with Crippen molar-refractivity contribution in [3.63, 3.8) is 0 Å². The van der Waals surface area contributed by atoms with E-state index >= 15 is 0 Å². The largest absolute Gasteiger partial charge is 0.493 e. The van der Waals surface area contributed by atoms with Gasteiger partial charge in [0.1, 0.15) is 11.6 Å². The van der Waals surface area contributed by atoms with Gasteiger partial charge in [0.25, 0.3) is 0 Å². The van der Waals surface area contributed by atoms with Gasteiger partial charge in [-0.05, 0) is 91.1 Å². The van der Waals surface area contributed by atoms with E-state index in [-0.39, 0.29) is 11.9 Å². The van der Waals surface area contributed by atoms with Crippen LogP contribution in [0.4, 0.5) is 4.39 Å². The molecule has 3 aromatic carbocycles. The Morgan fingerprint density at radius 2 is 1.91 bits per heavy atom. The number of aromatic nitrogens is 1. The Morgan fingerprint density at radius 1 is 1.15 bits per heavy atom. The van der Waals surface area contributed by atoms with E-state index in [0.29, 0.717) is 34.2 Å². The summed E-state index contributed by atoms with van der Waals surface area (Å²) in [6.45, 7) is 7.80. The van der Waals surface area contributed by atoms with E-state index in [1.54, 1.807) is 33.0 Å². The van der Waals surface area contributed by atoms with Gasteiger partial charge in [0.05, 0.1) is 18.2 Å². The van der Waals surface area contributed by atoms with Gasteiger partial charge in [-0.1, -0.05) is 6.07 Å². The first-order valence-corrected chi connectivity index (χ1v) is 11.4. The summed E-state index contributed by atoms with van der Waals surface area (Å²) in [5.41, 5.74) is 5.00. The summed E-state index contributed by atoms with van der Waals surface area (Å²) in [5.74, 6) is -0.690. The van der Waals surface area contributed by atoms with E-state index in [2.05, 4.69) is 4.98 Å². The molecule has 174 valence electrons. The Bertz CT molecular complexity index is 1450. The van der Waals surface area contributed by atoms with Gasteiger partial charge in [-0.25, -0.2) is 9.18 Å². The first-order valence-electron chi connectivity index (χ1n) is 11.4. The van der Waals surface area contributed by atoms with Gasteiger partial charge in [0, 0.05) is 29.1 Å². The van der Waals surface area contributed by atoms with Crippen molar-refractivity contribution in [2.45, 2.75) is 46.3 Å². The van der Waals surface area contributed by atoms with Crippen LogP contribution >= 0.6 is 0 Å². The molecule has 6 heteroatoms. The maximum absolute atomic E-state index is 14.9. The zero-order valence-corrected chi connectivity index (χ0v) is 19.6. The number of hydrogen-bond acceptors (Lipinski definition) is 4. The lowest BCUT2D eigenvalue weighted by Gasteiger charge is -2.25. The average molecular weight is 460 g/mol. The molecule has 0 fully saturated rings. The van der Waals surface area contributed by atoms with Crippen LogP contribution in [0.15, 0.2) is 42.6 Å². The summed E-state index contributed by atoms with van der Waals surface area (Å²) in [5, 5.41) is 12.5. The Kier molecular flexibility index (Phi) is 5.48. The molecule has 1 aromatic heterocycles. The normalized spacial score (nSPS) is 13.9. The molecule has 0 unspecified atom stereocenters. The molecule has 4 aromatic rings. The number of fused-ring (bicyclic) bond motifs is 1. The van der Waals surface area contributed by atoms with E-state index in [4.69, 9.17) is 9.47 Å². The van der Waals surface area contributed by atoms with Gasteiger partial charge in [-0.15, -0.1) is 0 Å². The number of pyridine rings is 1. The standard InChI is InChI=1S/C28H26FNO4/c1-14(2)34-27(28(31)32)23-16(4)12-18-11-15(3)21(29)13-20(18)25(23)19-5-6-22-24-17(8-10-33-22)7-9-30-26(19)24/h5-7,9,11-14,27H,8,10H2,1-4H3,(H,31,32)/t27-/m0/s1. The Balaban J connectivity index is 1.94. The highest BCUT2D eigenvalue weighted by atomic mass is 19.1. The molecule has 0 bridgehead atoms. The van der Waals surface area contributed by atoms with Crippen LogP contribution in [-0.2, 0) is 16.0 Å². The third-order valence-electron chi connectivity index (χ3n) is 6.40. The highest BCUT2D eigenvalue weighted by molar-refractivity contribution is 6.09. The van der Waals surface area contributed by atoms with Crippen molar-refractivity contribution in [2.75, 3.05) is 6.61 Å². The lowest BCUT2D eigenvalue weighted by atomic mass is 9.85. The monoisotopic (exact) mass is 459 g/mol. The number of hydrogen-bond donors (Lipinski definition) is 1. The van der Waals surface area contributed by atoms with Gasteiger partial charge in [-0.3, -0.25) is 4.98 Å². The number of ether oxygens (including phenoxy) is 2. The molecule has 1 aliphatic heterocycles. The van der Waals surface area contributed by atoms with E-state index in [1.807, 2.05) is 31.2 Å². The number of carbonyl (C=O) groups is 1. The first kappa shape index (κ1) is 22.3. The molecule has 0 spiro atoms. The molecule has 1 aliphatic rings. The van der Waals surface area contributed by atoms with Crippen LogP contribution in [0.1, 0.15) is 42.2 Å². The molecule has 0 saturated carbocycles. The SMILES string of the molecule is Cc1cc2cc(C)c([C@H](OC(C)C)C(=O)O)c(-c3ccc4c5c(ccnc35)CCO4)c2cc1F. The molecule has 1 N–H and O–H groups in total. The molecule has 2 heterocycles. The van der Waals surface area contributed by atoms with Crippen molar-refractivity contribution in [2.24, 2.45) is 0 Å². The average Bonchev–Trinajstić information content (AvgIpc) is 2.79. The fourth-order valence-corrected chi connectivity index (χ4v) is 4.95. The van der Waals surface area contributed by atoms with Crippen molar-refractivity contribution >= 4 is 27.6 Å². The second kappa shape index (κ2) is 8.37. The van der Waals surface area contributed by atoms with Crippen LogP contribution in [0.5, 0.6) is 5.75 Å². The molecule has 0 radical (unpaired) electrons. The van der Waals surface area contributed by atoms with Gasteiger partial charge >= 0.3 is 5.97 Å². The lowest BCUT2D eigenvalue weighted by molar-refractivity contribution is -0.153. The van der Waals surface area contributed by atoms with Gasteiger partial charge in [-0.2, -0.15) is 0 Å². The number of carboxylic acid groups (broad SMARTS) is 1. The fourth-order valence-electron chi connectivity index (χ4n) is 4.95. The van der Waals surface area contributed by atoms with E-state index < -0.39 is 12.1 Å². The number of rotatable bonds is 5. The second-order valence-electron chi connectivity index (χ2n) is 9.11. The maximum Gasteiger partial charge on any atom is 0.337 e. The predicted molar refractivity (Wildman–Crippen MR) is 130 cm³/mol. The smallest absolute Gasteiger partial charge is 0.337 e. The minimum absolute atomic E-state index is 0.318. The van der Waals surface area contributed by atoms with E-state index in [0.717, 1.165) is 39.6 Å². The number of benzene rings is 3. The van der Waals surface area contributed by atoms with Crippen molar-refractivity contribution in [3.8, 4) is 16.9 Å². The minimum Gasteiger partial charge on any atom is -0.493 e. The summed E-state index contributed by atoms with van der Waals surface area (Å²) < 4.78 is 26.6. The fraction of sp³-hybridized carbons (Fsp3) is 0.286. The molecule has 0 aliphatic carbocycles. The van der Waals surface area contributed by atoms with Crippen LogP contribution in [-0.4, -0.2) is 28.8 Å². The minimum atomic E-state index is -1.22. The summed E-state index contributed by atoms with van der Waals surface area (Å²) in [7, 11) is 0. The van der Waals surface area contributed by atoms with Crippen molar-refractivity contribution in [1.82, 2.24) is 4.98 Å². The Morgan fingerprint density at radius 3 is 2.65 bits per heavy atom. The second-order valence-corrected chi connectivity index (χ2v) is 9.11. The van der Waals surface area contributed by atoms with E-state index in [9.17, 15) is 14.3 Å². The molecular weight excluding hydrogens is 433 g/mol. The maximum atomic E-state index is 14.9. The predicted octanol–water partition coefficient (Wildman–Crippen LogP) is 6.30. The zero-order valence-electron chi connectivity index (χ0n) is 19.6. The van der Waals surface area contributed by atoms with E-state index in [1.165, 1.54) is 6.07 Å². The van der Waals surface area contributed by atoms with Crippen LogP contribution in [0.3, 0.4) is 0 Å². The molecule has 5 rings (SSSR count). The molecule has 0 amide bonds. The molecule has 0 saturated heterocycles. The first-order chi connectivity index (χ1) is 16.3. The van der Waals surface area contributed by atoms with Crippen molar-refractivity contribution in [1.29, 1.82) is 0 Å². The zero-order chi connectivity index (χ0) is 24.1. The number of nitrogens with zero attached hydrogens (tertiary/aromatic N) is 1. The van der Waals surface area contributed by atoms with Crippen LogP contribution < -0.4 is 4.74 Å².